The topological polar surface area (TPSA) is 76.4 Å². The average molecular weight is 267 g/mol. The summed E-state index contributed by atoms with van der Waals surface area (Å²) in [4.78, 5) is 0. The van der Waals surface area contributed by atoms with E-state index in [1.165, 1.54) is 7.11 Å². The fourth-order valence-corrected chi connectivity index (χ4v) is 2.95. The molecule has 1 fully saturated rings. The molecule has 0 atom stereocenters. The maximum absolute atomic E-state index is 11.1. The number of rotatable bonds is 4. The quantitative estimate of drug-likeness (QED) is 0.811. The van der Waals surface area contributed by atoms with E-state index in [0.717, 1.165) is 5.56 Å². The van der Waals surface area contributed by atoms with E-state index in [9.17, 15) is 8.42 Å². The molecule has 1 aliphatic rings. The molecule has 0 unspecified atom stereocenters. The van der Waals surface area contributed by atoms with Crippen LogP contribution < -0.4 is 9.47 Å². The summed E-state index contributed by atoms with van der Waals surface area (Å²) in [6, 6.07) is 7.27. The molecule has 1 saturated heterocycles. The van der Waals surface area contributed by atoms with Crippen molar-refractivity contribution in [1.82, 2.24) is 0 Å². The van der Waals surface area contributed by atoms with Gasteiger partial charge in [0.1, 0.15) is 6.10 Å². The first kappa shape index (κ1) is 12.7. The first-order valence-electron chi connectivity index (χ1n) is 5.45. The highest BCUT2D eigenvalue weighted by atomic mass is 32.2. The minimum absolute atomic E-state index is 0.0403. The van der Waals surface area contributed by atoms with E-state index in [0.29, 0.717) is 11.5 Å². The third-order valence-corrected chi connectivity index (χ3v) is 4.44. The van der Waals surface area contributed by atoms with Crippen LogP contribution in [-0.4, -0.2) is 33.1 Å². The van der Waals surface area contributed by atoms with Crippen molar-refractivity contribution >= 4 is 9.84 Å². The van der Waals surface area contributed by atoms with Crippen LogP contribution in [-0.2, 0) is 16.3 Å². The van der Waals surface area contributed by atoms with Crippen molar-refractivity contribution in [2.45, 2.75) is 12.5 Å². The van der Waals surface area contributed by atoms with Crippen LogP contribution in [0.5, 0.6) is 11.5 Å². The van der Waals surface area contributed by atoms with E-state index < -0.39 is 9.84 Å². The summed E-state index contributed by atoms with van der Waals surface area (Å²) in [6.45, 7) is 0. The van der Waals surface area contributed by atoms with Gasteiger partial charge < -0.3 is 9.47 Å². The summed E-state index contributed by atoms with van der Waals surface area (Å²) in [5.74, 6) is 1.11. The van der Waals surface area contributed by atoms with Crippen molar-refractivity contribution in [3.63, 3.8) is 0 Å². The number of methoxy groups -OCH3 is 1. The SMILES string of the molecule is COc1ccc(CC#N)cc1OC1CS(=O)(=O)C1. The molecule has 0 radical (unpaired) electrons. The molecule has 0 N–H and O–H groups in total. The summed E-state index contributed by atoms with van der Waals surface area (Å²) >= 11 is 0. The monoisotopic (exact) mass is 267 g/mol. The standard InChI is InChI=1S/C12H13NO4S/c1-16-11-3-2-9(4-5-13)6-12(11)17-10-7-18(14,15)8-10/h2-3,6,10H,4,7-8H2,1H3. The fraction of sp³-hybridized carbons (Fsp3) is 0.417. The summed E-state index contributed by atoms with van der Waals surface area (Å²) in [5, 5.41) is 8.64. The highest BCUT2D eigenvalue weighted by Crippen LogP contribution is 2.31. The van der Waals surface area contributed by atoms with Crippen LogP contribution in [0, 0.1) is 11.3 Å². The third-order valence-electron chi connectivity index (χ3n) is 2.68. The minimum Gasteiger partial charge on any atom is -0.493 e. The predicted molar refractivity (Wildman–Crippen MR) is 65.4 cm³/mol. The molecule has 18 heavy (non-hydrogen) atoms. The Hall–Kier alpha value is -1.74. The van der Waals surface area contributed by atoms with Crippen LogP contribution in [0.1, 0.15) is 5.56 Å². The van der Waals surface area contributed by atoms with Crippen molar-refractivity contribution < 1.29 is 17.9 Å². The van der Waals surface area contributed by atoms with E-state index in [2.05, 4.69) is 6.07 Å². The lowest BCUT2D eigenvalue weighted by Crippen LogP contribution is -2.45. The molecule has 96 valence electrons. The number of hydrogen-bond acceptors (Lipinski definition) is 5. The molecule has 0 amide bonds. The van der Waals surface area contributed by atoms with Crippen molar-refractivity contribution in [3.05, 3.63) is 23.8 Å². The maximum Gasteiger partial charge on any atom is 0.161 e. The minimum atomic E-state index is -2.91. The van der Waals surface area contributed by atoms with Crippen LogP contribution in [0.15, 0.2) is 18.2 Å². The number of ether oxygens (including phenoxy) is 2. The fourth-order valence-electron chi connectivity index (χ4n) is 1.78. The van der Waals surface area contributed by atoms with Gasteiger partial charge in [-0.1, -0.05) is 6.07 Å². The summed E-state index contributed by atoms with van der Waals surface area (Å²) in [5.41, 5.74) is 0.815. The molecule has 0 bridgehead atoms. The van der Waals surface area contributed by atoms with Crippen molar-refractivity contribution in [2.24, 2.45) is 0 Å². The van der Waals surface area contributed by atoms with Gasteiger partial charge in [-0.3, -0.25) is 0 Å². The predicted octanol–water partition coefficient (Wildman–Crippen LogP) is 0.937. The molecule has 0 aliphatic carbocycles. The van der Waals surface area contributed by atoms with Crippen molar-refractivity contribution in [3.8, 4) is 17.6 Å². The van der Waals surface area contributed by atoms with Gasteiger partial charge in [0.05, 0.1) is 31.1 Å². The molecule has 1 heterocycles. The van der Waals surface area contributed by atoms with Crippen molar-refractivity contribution in [1.29, 1.82) is 5.26 Å². The second-order valence-electron chi connectivity index (χ2n) is 4.14. The van der Waals surface area contributed by atoms with E-state index in [4.69, 9.17) is 14.7 Å². The second-order valence-corrected chi connectivity index (χ2v) is 6.29. The molecule has 1 aliphatic heterocycles. The molecule has 1 aromatic carbocycles. The molecule has 0 saturated carbocycles. The Bertz CT molecular complexity index is 577. The normalized spacial score (nSPS) is 17.6. The first-order valence-corrected chi connectivity index (χ1v) is 7.27. The van der Waals surface area contributed by atoms with E-state index in [-0.39, 0.29) is 24.0 Å². The number of nitrogens with zero attached hydrogens (tertiary/aromatic N) is 1. The number of sulfone groups is 1. The van der Waals surface area contributed by atoms with E-state index in [1.54, 1.807) is 18.2 Å². The zero-order valence-electron chi connectivity index (χ0n) is 9.92. The molecule has 0 aromatic heterocycles. The van der Waals surface area contributed by atoms with Gasteiger partial charge in [-0.25, -0.2) is 8.42 Å². The Morgan fingerprint density at radius 3 is 2.67 bits per heavy atom. The molecule has 1 aromatic rings. The highest BCUT2D eigenvalue weighted by Gasteiger charge is 2.35. The van der Waals surface area contributed by atoms with Gasteiger partial charge in [-0.15, -0.1) is 0 Å². The maximum atomic E-state index is 11.1. The van der Waals surface area contributed by atoms with Crippen LogP contribution in [0.2, 0.25) is 0 Å². The average Bonchev–Trinajstić information content (AvgIpc) is 2.27. The van der Waals surface area contributed by atoms with Crippen LogP contribution in [0.3, 0.4) is 0 Å². The molecule has 6 heteroatoms. The second kappa shape index (κ2) is 4.86. The molecular weight excluding hydrogens is 254 g/mol. The Kier molecular flexibility index (Phi) is 3.43. The van der Waals surface area contributed by atoms with Gasteiger partial charge in [-0.2, -0.15) is 5.26 Å². The molecular formula is C12H13NO4S. The highest BCUT2D eigenvalue weighted by molar-refractivity contribution is 7.92. The first-order chi connectivity index (χ1) is 8.54. The lowest BCUT2D eigenvalue weighted by atomic mass is 10.1. The lowest BCUT2D eigenvalue weighted by Gasteiger charge is -2.27. The number of hydrogen-bond donors (Lipinski definition) is 0. The van der Waals surface area contributed by atoms with Gasteiger partial charge in [0.2, 0.25) is 0 Å². The van der Waals surface area contributed by atoms with E-state index >= 15 is 0 Å². The smallest absolute Gasteiger partial charge is 0.161 e. The van der Waals surface area contributed by atoms with Gasteiger partial charge in [-0.05, 0) is 17.7 Å². The molecule has 0 spiro atoms. The number of nitriles is 1. The Balaban J connectivity index is 2.15. The lowest BCUT2D eigenvalue weighted by molar-refractivity contribution is 0.219. The molecule has 2 rings (SSSR count). The Morgan fingerprint density at radius 2 is 2.11 bits per heavy atom. The van der Waals surface area contributed by atoms with Gasteiger partial charge >= 0.3 is 0 Å². The van der Waals surface area contributed by atoms with Crippen LogP contribution in [0.4, 0.5) is 0 Å². The van der Waals surface area contributed by atoms with Gasteiger partial charge in [0, 0.05) is 0 Å². The third kappa shape index (κ3) is 2.74. The molecule has 5 nitrogen and oxygen atoms in total. The number of benzene rings is 1. The van der Waals surface area contributed by atoms with E-state index in [1.807, 2.05) is 0 Å². The summed E-state index contributed by atoms with van der Waals surface area (Å²) in [6.07, 6.45) is -0.0372. The summed E-state index contributed by atoms with van der Waals surface area (Å²) < 4.78 is 32.8. The van der Waals surface area contributed by atoms with Crippen molar-refractivity contribution in [2.75, 3.05) is 18.6 Å². The Labute approximate surface area is 106 Å². The largest absolute Gasteiger partial charge is 0.493 e. The summed E-state index contributed by atoms with van der Waals surface area (Å²) in [7, 11) is -1.39. The zero-order chi connectivity index (χ0) is 13.2. The van der Waals surface area contributed by atoms with Gasteiger partial charge in [0.25, 0.3) is 0 Å². The van der Waals surface area contributed by atoms with Crippen LogP contribution >= 0.6 is 0 Å². The van der Waals surface area contributed by atoms with Gasteiger partial charge in [0.15, 0.2) is 21.3 Å². The Morgan fingerprint density at radius 1 is 1.39 bits per heavy atom. The zero-order valence-corrected chi connectivity index (χ0v) is 10.7. The van der Waals surface area contributed by atoms with Crippen LogP contribution in [0.25, 0.3) is 0 Å².